The van der Waals surface area contributed by atoms with Gasteiger partial charge in [0.1, 0.15) is 9.84 Å². The summed E-state index contributed by atoms with van der Waals surface area (Å²) < 4.78 is 48.3. The number of piperidine rings is 1. The highest BCUT2D eigenvalue weighted by Gasteiger charge is 2.20. The number of sulfone groups is 1. The largest absolute Gasteiger partial charge is 0.314 e. The van der Waals surface area contributed by atoms with E-state index in [0.29, 0.717) is 6.42 Å². The van der Waals surface area contributed by atoms with Crippen molar-refractivity contribution in [3.05, 3.63) is 0 Å². The summed E-state index contributed by atoms with van der Waals surface area (Å²) >= 11 is 0. The Bertz CT molecular complexity index is 467. The zero-order chi connectivity index (χ0) is 14.5. The minimum absolute atomic E-state index is 0.0404. The highest BCUT2D eigenvalue weighted by atomic mass is 32.2. The van der Waals surface area contributed by atoms with Gasteiger partial charge < -0.3 is 5.32 Å². The fourth-order valence-corrected chi connectivity index (χ4v) is 4.83. The van der Waals surface area contributed by atoms with E-state index < -0.39 is 25.9 Å². The summed E-state index contributed by atoms with van der Waals surface area (Å²) in [5, 5.41) is 3.30. The van der Waals surface area contributed by atoms with Crippen molar-refractivity contribution in [3.8, 4) is 0 Å². The Morgan fingerprint density at radius 3 is 2.47 bits per heavy atom. The van der Waals surface area contributed by atoms with Gasteiger partial charge in [0, 0.05) is 18.3 Å². The van der Waals surface area contributed by atoms with Crippen molar-refractivity contribution in [1.29, 1.82) is 0 Å². The smallest absolute Gasteiger partial charge is 0.211 e. The van der Waals surface area contributed by atoms with Crippen molar-refractivity contribution < 1.29 is 16.8 Å². The lowest BCUT2D eigenvalue weighted by atomic mass is 10.0. The molecule has 114 valence electrons. The monoisotopic (exact) mass is 312 g/mol. The van der Waals surface area contributed by atoms with Crippen LogP contribution in [0.3, 0.4) is 0 Å². The molecule has 0 spiro atoms. The van der Waals surface area contributed by atoms with Crippen molar-refractivity contribution in [2.75, 3.05) is 24.3 Å². The van der Waals surface area contributed by atoms with Crippen LogP contribution in [0.25, 0.3) is 0 Å². The minimum atomic E-state index is -3.41. The Hall–Kier alpha value is -0.180. The van der Waals surface area contributed by atoms with Gasteiger partial charge in [0.15, 0.2) is 0 Å². The van der Waals surface area contributed by atoms with Crippen LogP contribution in [0.4, 0.5) is 0 Å². The van der Waals surface area contributed by atoms with Crippen LogP contribution in [0.5, 0.6) is 0 Å². The van der Waals surface area contributed by atoms with Crippen molar-refractivity contribution in [2.24, 2.45) is 0 Å². The summed E-state index contributed by atoms with van der Waals surface area (Å²) in [7, 11) is -6.58. The third-order valence-corrected chi connectivity index (χ3v) is 5.72. The Balaban J connectivity index is 2.38. The molecule has 2 unspecified atom stereocenters. The van der Waals surface area contributed by atoms with Gasteiger partial charge >= 0.3 is 0 Å². The van der Waals surface area contributed by atoms with Gasteiger partial charge in [0.2, 0.25) is 10.0 Å². The molecule has 1 rings (SSSR count). The van der Waals surface area contributed by atoms with Gasteiger partial charge in [-0.3, -0.25) is 0 Å². The molecule has 19 heavy (non-hydrogen) atoms. The summed E-state index contributed by atoms with van der Waals surface area (Å²) in [6.45, 7) is 2.51. The van der Waals surface area contributed by atoms with Gasteiger partial charge in [-0.1, -0.05) is 6.42 Å². The summed E-state index contributed by atoms with van der Waals surface area (Å²) in [6.07, 6.45) is 4.96. The van der Waals surface area contributed by atoms with Gasteiger partial charge in [-0.2, -0.15) is 0 Å². The third kappa shape index (κ3) is 7.86. The molecule has 6 nitrogen and oxygen atoms in total. The molecule has 0 aromatic heterocycles. The molecule has 1 heterocycles. The maximum atomic E-state index is 11.8. The summed E-state index contributed by atoms with van der Waals surface area (Å²) in [4.78, 5) is 0. The van der Waals surface area contributed by atoms with E-state index in [2.05, 4.69) is 10.0 Å². The van der Waals surface area contributed by atoms with E-state index in [4.69, 9.17) is 0 Å². The zero-order valence-corrected chi connectivity index (χ0v) is 13.2. The van der Waals surface area contributed by atoms with Gasteiger partial charge in [-0.05, 0) is 32.7 Å². The minimum Gasteiger partial charge on any atom is -0.314 e. The van der Waals surface area contributed by atoms with Crippen LogP contribution in [0, 0.1) is 0 Å². The fraction of sp³-hybridized carbons (Fsp3) is 1.00. The molecular formula is C11H24N2O4S2. The second kappa shape index (κ2) is 7.01. The number of nitrogens with one attached hydrogen (secondary N) is 2. The van der Waals surface area contributed by atoms with Crippen molar-refractivity contribution in [2.45, 2.75) is 44.7 Å². The number of hydrogen-bond donors (Lipinski definition) is 2. The van der Waals surface area contributed by atoms with E-state index >= 15 is 0 Å². The molecule has 0 radical (unpaired) electrons. The van der Waals surface area contributed by atoms with Crippen LogP contribution in [-0.4, -0.2) is 53.2 Å². The Kier molecular flexibility index (Phi) is 6.22. The summed E-state index contributed by atoms with van der Waals surface area (Å²) in [5.74, 6) is -0.132. The van der Waals surface area contributed by atoms with E-state index in [-0.39, 0.29) is 17.5 Å². The molecule has 2 atom stereocenters. The molecule has 1 saturated heterocycles. The molecule has 1 aliphatic rings. The molecule has 0 aliphatic carbocycles. The van der Waals surface area contributed by atoms with Crippen molar-refractivity contribution in [1.82, 2.24) is 10.0 Å². The van der Waals surface area contributed by atoms with Crippen LogP contribution in [-0.2, 0) is 19.9 Å². The van der Waals surface area contributed by atoms with E-state index in [1.54, 1.807) is 6.92 Å². The maximum Gasteiger partial charge on any atom is 0.211 e. The molecule has 0 saturated carbocycles. The number of rotatable bonds is 7. The molecule has 0 aromatic carbocycles. The second-order valence-corrected chi connectivity index (χ2v) is 9.42. The molecule has 2 N–H and O–H groups in total. The lowest BCUT2D eigenvalue weighted by Crippen LogP contribution is -2.41. The normalized spacial score (nSPS) is 23.2. The first kappa shape index (κ1) is 16.9. The second-order valence-electron chi connectivity index (χ2n) is 5.37. The Morgan fingerprint density at radius 2 is 1.95 bits per heavy atom. The standard InChI is InChI=1S/C11H24N2O4S2/c1-10(9-18(2,14)15)13-19(16,17)8-6-11-5-3-4-7-12-11/h10-13H,3-9H2,1-2H3. The maximum absolute atomic E-state index is 11.8. The van der Waals surface area contributed by atoms with Crippen LogP contribution < -0.4 is 10.0 Å². The number of sulfonamides is 1. The average Bonchev–Trinajstić information content (AvgIpc) is 2.24. The molecule has 1 aliphatic heterocycles. The first-order chi connectivity index (χ1) is 8.68. The predicted molar refractivity (Wildman–Crippen MR) is 76.4 cm³/mol. The SMILES string of the molecule is CC(CS(C)(=O)=O)NS(=O)(=O)CCC1CCCCN1. The van der Waals surface area contributed by atoms with E-state index in [9.17, 15) is 16.8 Å². The lowest BCUT2D eigenvalue weighted by molar-refractivity contribution is 0.392. The summed E-state index contributed by atoms with van der Waals surface area (Å²) in [6, 6.07) is -0.324. The summed E-state index contributed by atoms with van der Waals surface area (Å²) in [5.41, 5.74) is 0. The topological polar surface area (TPSA) is 92.3 Å². The predicted octanol–water partition coefficient (Wildman–Crippen LogP) is -0.129. The highest BCUT2D eigenvalue weighted by molar-refractivity contribution is 7.91. The Labute approximate surface area is 116 Å². The van der Waals surface area contributed by atoms with Gasteiger partial charge in [0.25, 0.3) is 0 Å². The molecule has 0 amide bonds. The quantitative estimate of drug-likeness (QED) is 0.683. The van der Waals surface area contributed by atoms with Crippen molar-refractivity contribution >= 4 is 19.9 Å². The van der Waals surface area contributed by atoms with Crippen LogP contribution in [0.2, 0.25) is 0 Å². The van der Waals surface area contributed by atoms with Gasteiger partial charge in [-0.15, -0.1) is 0 Å². The molecule has 1 fully saturated rings. The zero-order valence-electron chi connectivity index (χ0n) is 11.6. The molecule has 8 heteroatoms. The fourth-order valence-electron chi connectivity index (χ4n) is 2.32. The van der Waals surface area contributed by atoms with E-state index in [1.165, 1.54) is 0 Å². The lowest BCUT2D eigenvalue weighted by Gasteiger charge is -2.23. The Morgan fingerprint density at radius 1 is 1.26 bits per heavy atom. The third-order valence-electron chi connectivity index (χ3n) is 3.08. The molecular weight excluding hydrogens is 288 g/mol. The highest BCUT2D eigenvalue weighted by Crippen LogP contribution is 2.11. The van der Waals surface area contributed by atoms with Crippen LogP contribution in [0.1, 0.15) is 32.6 Å². The molecule has 0 aromatic rings. The first-order valence-corrected chi connectivity index (χ1v) is 10.3. The first-order valence-electron chi connectivity index (χ1n) is 6.59. The van der Waals surface area contributed by atoms with Crippen molar-refractivity contribution in [3.63, 3.8) is 0 Å². The van der Waals surface area contributed by atoms with E-state index in [0.717, 1.165) is 32.1 Å². The van der Waals surface area contributed by atoms with Crippen LogP contribution >= 0.6 is 0 Å². The van der Waals surface area contributed by atoms with Gasteiger partial charge in [0.05, 0.1) is 11.5 Å². The van der Waals surface area contributed by atoms with Gasteiger partial charge in [-0.25, -0.2) is 21.6 Å². The van der Waals surface area contributed by atoms with E-state index in [1.807, 2.05) is 0 Å². The molecule has 0 bridgehead atoms. The average molecular weight is 312 g/mol. The number of hydrogen-bond acceptors (Lipinski definition) is 5. The van der Waals surface area contributed by atoms with Crippen LogP contribution in [0.15, 0.2) is 0 Å².